The molecule has 2 aromatic carbocycles. The van der Waals surface area contributed by atoms with E-state index in [2.05, 4.69) is 5.10 Å². The Kier molecular flexibility index (Phi) is 4.92. The second kappa shape index (κ2) is 7.09. The minimum atomic E-state index is -4.74. The Balaban J connectivity index is 2.10. The lowest BCUT2D eigenvalue weighted by Crippen LogP contribution is -2.16. The van der Waals surface area contributed by atoms with Crippen molar-refractivity contribution in [3.8, 4) is 11.4 Å². The quantitative estimate of drug-likeness (QED) is 0.474. The molecule has 0 aliphatic carbocycles. The highest BCUT2D eigenvalue weighted by molar-refractivity contribution is 7.92. The molecule has 0 unspecified atom stereocenters. The molecule has 3 rings (SSSR count). The zero-order valence-electron chi connectivity index (χ0n) is 14.2. The Hall–Kier alpha value is -3.61. The van der Waals surface area contributed by atoms with Crippen molar-refractivity contribution < 1.29 is 31.6 Å². The molecule has 0 spiro atoms. The van der Waals surface area contributed by atoms with E-state index in [1.165, 1.54) is 18.5 Å². The van der Waals surface area contributed by atoms with Gasteiger partial charge in [0.2, 0.25) is 0 Å². The average Bonchev–Trinajstić information content (AvgIpc) is 3.15. The minimum absolute atomic E-state index is 0.000136. The fraction of sp³-hybridized carbons (Fsp3) is 0.0625. The minimum Gasteiger partial charge on any atom is -0.502 e. The van der Waals surface area contributed by atoms with Crippen molar-refractivity contribution >= 4 is 21.4 Å². The Labute approximate surface area is 161 Å². The summed E-state index contributed by atoms with van der Waals surface area (Å²) >= 11 is 0. The number of nitro groups is 1. The fourth-order valence-electron chi connectivity index (χ4n) is 2.43. The van der Waals surface area contributed by atoms with E-state index in [1.807, 2.05) is 4.72 Å². The van der Waals surface area contributed by atoms with Crippen LogP contribution < -0.4 is 4.72 Å². The van der Waals surface area contributed by atoms with Gasteiger partial charge < -0.3 is 5.11 Å². The number of rotatable bonds is 5. The van der Waals surface area contributed by atoms with Crippen LogP contribution in [0.15, 0.2) is 59.8 Å². The van der Waals surface area contributed by atoms with Gasteiger partial charge in [-0.1, -0.05) is 0 Å². The maximum atomic E-state index is 13.1. The number of nitrogens with one attached hydrogen (secondary N) is 1. The molecule has 13 heteroatoms. The highest BCUT2D eigenvalue weighted by Gasteiger charge is 2.32. The fourth-order valence-corrected chi connectivity index (χ4v) is 3.51. The summed E-state index contributed by atoms with van der Waals surface area (Å²) in [6.45, 7) is 0. The van der Waals surface area contributed by atoms with Crippen molar-refractivity contribution in [2.24, 2.45) is 0 Å². The van der Waals surface area contributed by atoms with Gasteiger partial charge in [0.1, 0.15) is 0 Å². The van der Waals surface area contributed by atoms with Gasteiger partial charge in [-0.05, 0) is 36.4 Å². The number of nitrogens with zero attached hydrogens (tertiary/aromatic N) is 3. The van der Waals surface area contributed by atoms with Gasteiger partial charge in [-0.2, -0.15) is 18.3 Å². The lowest BCUT2D eigenvalue weighted by Gasteiger charge is -2.15. The molecule has 0 atom stereocenters. The first kappa shape index (κ1) is 20.1. The first-order valence-electron chi connectivity index (χ1n) is 7.70. The van der Waals surface area contributed by atoms with Crippen LogP contribution in [0.2, 0.25) is 0 Å². The Morgan fingerprint density at radius 2 is 1.90 bits per heavy atom. The van der Waals surface area contributed by atoms with Crippen LogP contribution in [0.1, 0.15) is 5.56 Å². The lowest BCUT2D eigenvalue weighted by atomic mass is 10.1. The van der Waals surface area contributed by atoms with Gasteiger partial charge in [-0.25, -0.2) is 13.1 Å². The summed E-state index contributed by atoms with van der Waals surface area (Å²) in [7, 11) is -4.54. The summed E-state index contributed by atoms with van der Waals surface area (Å²) < 4.78 is 67.7. The molecule has 0 saturated carbocycles. The van der Waals surface area contributed by atoms with E-state index in [1.54, 1.807) is 0 Å². The van der Waals surface area contributed by atoms with Crippen LogP contribution in [0.4, 0.5) is 24.5 Å². The van der Waals surface area contributed by atoms with Gasteiger partial charge in [0.25, 0.3) is 10.0 Å². The molecule has 1 aromatic heterocycles. The van der Waals surface area contributed by atoms with E-state index < -0.39 is 48.7 Å². The van der Waals surface area contributed by atoms with Crippen molar-refractivity contribution in [3.63, 3.8) is 0 Å². The number of nitro benzene ring substituents is 1. The molecule has 0 bridgehead atoms. The average molecular weight is 428 g/mol. The molecule has 1 heterocycles. The largest absolute Gasteiger partial charge is 0.502 e. The van der Waals surface area contributed by atoms with Crippen LogP contribution >= 0.6 is 0 Å². The molecular weight excluding hydrogens is 417 g/mol. The van der Waals surface area contributed by atoms with Crippen LogP contribution in [-0.4, -0.2) is 28.2 Å². The number of hydrogen-bond donors (Lipinski definition) is 2. The zero-order chi connectivity index (χ0) is 21.4. The summed E-state index contributed by atoms with van der Waals surface area (Å²) in [5.41, 5.74) is -2.42. The summed E-state index contributed by atoms with van der Waals surface area (Å²) in [4.78, 5) is 9.31. The predicted octanol–water partition coefficient (Wildman–Crippen LogP) is 3.31. The number of halogens is 3. The molecule has 0 fully saturated rings. The number of anilines is 1. The van der Waals surface area contributed by atoms with E-state index in [0.29, 0.717) is 12.1 Å². The number of phenolic OH excluding ortho intramolecular Hbond substituents is 1. The number of benzene rings is 2. The molecule has 0 radical (unpaired) electrons. The van der Waals surface area contributed by atoms with E-state index in [4.69, 9.17) is 0 Å². The maximum Gasteiger partial charge on any atom is 0.416 e. The van der Waals surface area contributed by atoms with Gasteiger partial charge in [0, 0.05) is 18.5 Å². The summed E-state index contributed by atoms with van der Waals surface area (Å²) in [5.74, 6) is -0.759. The molecule has 0 amide bonds. The van der Waals surface area contributed by atoms with Crippen molar-refractivity contribution in [2.75, 3.05) is 4.72 Å². The van der Waals surface area contributed by atoms with Crippen molar-refractivity contribution in [3.05, 3.63) is 70.5 Å². The van der Waals surface area contributed by atoms with Crippen LogP contribution in [0, 0.1) is 10.1 Å². The lowest BCUT2D eigenvalue weighted by molar-refractivity contribution is -0.386. The van der Waals surface area contributed by atoms with Crippen molar-refractivity contribution in [1.29, 1.82) is 0 Å². The summed E-state index contributed by atoms with van der Waals surface area (Å²) in [6, 6.07) is 6.15. The maximum absolute atomic E-state index is 13.1. The van der Waals surface area contributed by atoms with Crippen molar-refractivity contribution in [1.82, 2.24) is 9.78 Å². The van der Waals surface area contributed by atoms with Gasteiger partial charge in [-0.3, -0.25) is 14.8 Å². The zero-order valence-corrected chi connectivity index (χ0v) is 15.0. The van der Waals surface area contributed by atoms with E-state index >= 15 is 0 Å². The monoisotopic (exact) mass is 428 g/mol. The van der Waals surface area contributed by atoms with Crippen molar-refractivity contribution in [2.45, 2.75) is 11.1 Å². The molecule has 3 aromatic rings. The summed E-state index contributed by atoms with van der Waals surface area (Å²) in [6.07, 6.45) is -1.99. The number of alkyl halides is 3. The summed E-state index contributed by atoms with van der Waals surface area (Å²) in [5, 5.41) is 24.2. The highest BCUT2D eigenvalue weighted by Crippen LogP contribution is 2.35. The second-order valence-corrected chi connectivity index (χ2v) is 7.38. The number of aromatic nitrogens is 2. The van der Waals surface area contributed by atoms with Crippen LogP contribution in [0.5, 0.6) is 5.75 Å². The molecule has 152 valence electrons. The highest BCUT2D eigenvalue weighted by atomic mass is 32.2. The molecule has 0 aliphatic rings. The van der Waals surface area contributed by atoms with Gasteiger partial charge >= 0.3 is 11.9 Å². The molecular formula is C16H11F3N4O5S. The first-order valence-corrected chi connectivity index (χ1v) is 9.19. The second-order valence-electron chi connectivity index (χ2n) is 5.69. The van der Waals surface area contributed by atoms with E-state index in [-0.39, 0.29) is 5.69 Å². The third-order valence-electron chi connectivity index (χ3n) is 3.77. The molecule has 9 nitrogen and oxygen atoms in total. The van der Waals surface area contributed by atoms with E-state index in [9.17, 15) is 36.8 Å². The normalized spacial score (nSPS) is 12.0. The molecule has 29 heavy (non-hydrogen) atoms. The standard InChI is InChI=1S/C16H11F3N4O5S/c17-16(18,19)10-2-4-13(22-7-1-6-20-22)12(8-10)21-29(27,28)11-3-5-15(24)14(9-11)23(25)26/h1-9,21,24H. The van der Waals surface area contributed by atoms with Gasteiger partial charge in [-0.15, -0.1) is 0 Å². The number of sulfonamides is 1. The Morgan fingerprint density at radius 3 is 2.48 bits per heavy atom. The van der Waals surface area contributed by atoms with Crippen LogP contribution in [0.3, 0.4) is 0 Å². The van der Waals surface area contributed by atoms with E-state index in [0.717, 1.165) is 28.9 Å². The smallest absolute Gasteiger partial charge is 0.416 e. The number of hydrogen-bond acceptors (Lipinski definition) is 6. The van der Waals surface area contributed by atoms with Crippen LogP contribution in [-0.2, 0) is 16.2 Å². The first-order chi connectivity index (χ1) is 13.5. The SMILES string of the molecule is O=[N+]([O-])c1cc(S(=O)(=O)Nc2cc(C(F)(F)F)ccc2-n2cccn2)ccc1O. The Morgan fingerprint density at radius 1 is 1.17 bits per heavy atom. The molecule has 2 N–H and O–H groups in total. The number of phenols is 1. The molecule has 0 aliphatic heterocycles. The van der Waals surface area contributed by atoms with Gasteiger partial charge in [0.15, 0.2) is 5.75 Å². The predicted molar refractivity (Wildman–Crippen MR) is 94.1 cm³/mol. The van der Waals surface area contributed by atoms with Crippen LogP contribution in [0.25, 0.3) is 5.69 Å². The topological polar surface area (TPSA) is 127 Å². The van der Waals surface area contributed by atoms with Gasteiger partial charge in [0.05, 0.1) is 26.8 Å². The third kappa shape index (κ3) is 4.13. The third-order valence-corrected chi connectivity index (χ3v) is 5.14. The molecule has 0 saturated heterocycles. The number of aromatic hydroxyl groups is 1. The Bertz CT molecular complexity index is 1180.